The minimum Gasteiger partial charge on any atom is -0.507 e. The van der Waals surface area contributed by atoms with Gasteiger partial charge in [0.15, 0.2) is 11.6 Å². The molecule has 0 spiro atoms. The van der Waals surface area contributed by atoms with Crippen molar-refractivity contribution in [3.05, 3.63) is 77.9 Å². The molecule has 0 bridgehead atoms. The number of aromatic hydroxyl groups is 1. The van der Waals surface area contributed by atoms with E-state index in [9.17, 15) is 19.5 Å². The van der Waals surface area contributed by atoms with Crippen molar-refractivity contribution in [2.45, 2.75) is 35.1 Å². The lowest BCUT2D eigenvalue weighted by atomic mass is 9.75. The van der Waals surface area contributed by atoms with Crippen molar-refractivity contribution in [1.82, 2.24) is 5.43 Å². The number of phenols is 1. The Morgan fingerprint density at radius 1 is 1.00 bits per heavy atom. The molecule has 36 heavy (non-hydrogen) atoms. The first-order valence-electron chi connectivity index (χ1n) is 11.8. The van der Waals surface area contributed by atoms with Crippen LogP contribution in [-0.4, -0.2) is 35.2 Å². The monoisotopic (exact) mass is 488 g/mol. The Morgan fingerprint density at radius 2 is 1.64 bits per heavy atom. The van der Waals surface area contributed by atoms with Gasteiger partial charge in [-0.05, 0) is 28.5 Å². The molecule has 0 saturated heterocycles. The number of nitrogens with one attached hydrogen (secondary N) is 1. The number of rotatable bonds is 5. The fourth-order valence-corrected chi connectivity index (χ4v) is 4.10. The Morgan fingerprint density at radius 3 is 2.22 bits per heavy atom. The number of hydrazone groups is 1. The number of Topliss-reactive ketones (excluding diaryl/α,β-unsaturated/α-hetero) is 3. The van der Waals surface area contributed by atoms with E-state index < -0.39 is 5.92 Å². The van der Waals surface area contributed by atoms with Crippen LogP contribution in [0.4, 0.5) is 0 Å². The summed E-state index contributed by atoms with van der Waals surface area (Å²) in [5.41, 5.74) is 4.46. The number of benzene rings is 2. The summed E-state index contributed by atoms with van der Waals surface area (Å²) in [6.45, 7) is 7.28. The first-order valence-corrected chi connectivity index (χ1v) is 11.8. The second-order valence-corrected chi connectivity index (χ2v) is 9.24. The van der Waals surface area contributed by atoms with Crippen LogP contribution in [0, 0.1) is 23.7 Å². The number of phenolic OH excluding ortho intramolecular Hbond substituents is 1. The Balaban J connectivity index is 0.000000250. The standard InChI is InChI=1S/C15H18N2O2.C14H14O2.CH4/c1-9(2)14(18)12-8-10-6-4-5-7-11(10)13(15(12)19)17-16-3;1-9(2)14(16)12-7-10-5-3-4-6-11(10)8-13(12)15;/h4-9,11-12,16H,1-3H3;3-9,15H,1-2H3;1H4/b17-13-;;. The predicted octanol–water partition coefficient (Wildman–Crippen LogP) is 5.67. The molecule has 2 aliphatic carbocycles. The van der Waals surface area contributed by atoms with Crippen LogP contribution in [0.25, 0.3) is 10.8 Å². The van der Waals surface area contributed by atoms with Crippen molar-refractivity contribution in [2.75, 3.05) is 7.05 Å². The second kappa shape index (κ2) is 12.2. The third-order valence-corrected chi connectivity index (χ3v) is 6.01. The molecule has 0 aromatic heterocycles. The highest BCUT2D eigenvalue weighted by molar-refractivity contribution is 6.46. The summed E-state index contributed by atoms with van der Waals surface area (Å²) in [7, 11) is 1.65. The zero-order valence-corrected chi connectivity index (χ0v) is 20.8. The highest BCUT2D eigenvalue weighted by Gasteiger charge is 2.38. The summed E-state index contributed by atoms with van der Waals surface area (Å²) in [5.74, 6) is -1.31. The number of nitrogens with zero attached hydrogens (tertiary/aromatic N) is 1. The average molecular weight is 489 g/mol. The van der Waals surface area contributed by atoms with Crippen molar-refractivity contribution in [3.63, 3.8) is 0 Å². The molecular weight excluding hydrogens is 452 g/mol. The van der Waals surface area contributed by atoms with E-state index in [2.05, 4.69) is 10.5 Å². The summed E-state index contributed by atoms with van der Waals surface area (Å²) in [4.78, 5) is 36.4. The molecule has 6 nitrogen and oxygen atoms in total. The molecule has 190 valence electrons. The summed E-state index contributed by atoms with van der Waals surface area (Å²) >= 11 is 0. The first-order chi connectivity index (χ1) is 16.6. The molecule has 6 heteroatoms. The quantitative estimate of drug-likeness (QED) is 0.321. The van der Waals surface area contributed by atoms with Gasteiger partial charge in [-0.25, -0.2) is 0 Å². The maximum absolute atomic E-state index is 12.4. The molecule has 0 saturated carbocycles. The second-order valence-electron chi connectivity index (χ2n) is 9.24. The largest absolute Gasteiger partial charge is 0.507 e. The summed E-state index contributed by atoms with van der Waals surface area (Å²) in [6, 6.07) is 11.1. The first kappa shape index (κ1) is 28.4. The lowest BCUT2D eigenvalue weighted by Gasteiger charge is -2.27. The summed E-state index contributed by atoms with van der Waals surface area (Å²) in [6.07, 6.45) is 9.44. The molecule has 0 radical (unpaired) electrons. The smallest absolute Gasteiger partial charge is 0.194 e. The normalized spacial score (nSPS) is 19.4. The number of ketones is 3. The zero-order chi connectivity index (χ0) is 25.7. The molecule has 4 rings (SSSR count). The maximum atomic E-state index is 12.4. The summed E-state index contributed by atoms with van der Waals surface area (Å²) in [5, 5.41) is 15.8. The van der Waals surface area contributed by atoms with Gasteiger partial charge in [-0.15, -0.1) is 0 Å². The minimum atomic E-state index is -0.700. The lowest BCUT2D eigenvalue weighted by molar-refractivity contribution is -0.130. The molecule has 0 aliphatic heterocycles. The fourth-order valence-electron chi connectivity index (χ4n) is 4.10. The lowest BCUT2D eigenvalue weighted by Crippen LogP contribution is -2.40. The molecular formula is C30H36N2O4. The van der Waals surface area contributed by atoms with Gasteiger partial charge in [-0.1, -0.05) is 89.8 Å². The van der Waals surface area contributed by atoms with Gasteiger partial charge in [0, 0.05) is 24.8 Å². The Kier molecular flexibility index (Phi) is 9.68. The van der Waals surface area contributed by atoms with Crippen molar-refractivity contribution < 1.29 is 19.5 Å². The van der Waals surface area contributed by atoms with Crippen molar-refractivity contribution in [2.24, 2.45) is 28.8 Å². The van der Waals surface area contributed by atoms with Gasteiger partial charge >= 0.3 is 0 Å². The van der Waals surface area contributed by atoms with Crippen LogP contribution in [0.3, 0.4) is 0 Å². The molecule has 2 aliphatic rings. The van der Waals surface area contributed by atoms with Gasteiger partial charge in [-0.2, -0.15) is 5.10 Å². The van der Waals surface area contributed by atoms with Gasteiger partial charge in [0.05, 0.1) is 5.56 Å². The van der Waals surface area contributed by atoms with Crippen molar-refractivity contribution in [1.29, 1.82) is 0 Å². The van der Waals surface area contributed by atoms with Crippen molar-refractivity contribution >= 4 is 33.8 Å². The molecule has 2 N–H and O–H groups in total. The fraction of sp³-hybridized carbons (Fsp3) is 0.333. The molecule has 0 heterocycles. The predicted molar refractivity (Wildman–Crippen MR) is 146 cm³/mol. The summed E-state index contributed by atoms with van der Waals surface area (Å²) < 4.78 is 0. The van der Waals surface area contributed by atoms with Gasteiger partial charge < -0.3 is 10.5 Å². The molecule has 0 fully saturated rings. The third kappa shape index (κ3) is 6.06. The maximum Gasteiger partial charge on any atom is 0.194 e. The number of hydrogen-bond donors (Lipinski definition) is 2. The molecule has 0 amide bonds. The van der Waals surface area contributed by atoms with E-state index >= 15 is 0 Å². The zero-order valence-electron chi connectivity index (χ0n) is 20.8. The van der Waals surface area contributed by atoms with E-state index in [1.54, 1.807) is 25.3 Å². The van der Waals surface area contributed by atoms with Gasteiger partial charge in [0.25, 0.3) is 0 Å². The highest BCUT2D eigenvalue weighted by atomic mass is 16.3. The van der Waals surface area contributed by atoms with E-state index in [0.29, 0.717) is 11.3 Å². The van der Waals surface area contributed by atoms with Crippen LogP contribution < -0.4 is 5.43 Å². The number of carbonyl (C=O) groups excluding carboxylic acids is 3. The van der Waals surface area contributed by atoms with E-state index in [4.69, 9.17) is 0 Å². The Labute approximate surface area is 213 Å². The van der Waals surface area contributed by atoms with Crippen LogP contribution in [0.15, 0.2) is 77.5 Å². The van der Waals surface area contributed by atoms with Crippen LogP contribution >= 0.6 is 0 Å². The molecule has 2 aromatic carbocycles. The van der Waals surface area contributed by atoms with E-state index in [-0.39, 0.29) is 48.3 Å². The van der Waals surface area contributed by atoms with Gasteiger partial charge in [0.1, 0.15) is 23.2 Å². The average Bonchev–Trinajstić information content (AvgIpc) is 2.84. The van der Waals surface area contributed by atoms with Crippen molar-refractivity contribution in [3.8, 4) is 5.75 Å². The number of carbonyl (C=O) groups is 3. The van der Waals surface area contributed by atoms with Crippen LogP contribution in [0.1, 0.15) is 45.5 Å². The molecule has 2 aromatic rings. The third-order valence-electron chi connectivity index (χ3n) is 6.01. The van der Waals surface area contributed by atoms with E-state index in [1.165, 1.54) is 0 Å². The molecule has 2 atom stereocenters. The Hall–Kier alpha value is -3.80. The topological polar surface area (TPSA) is 95.8 Å². The van der Waals surface area contributed by atoms with Crippen LogP contribution in [-0.2, 0) is 9.59 Å². The molecule has 2 unspecified atom stereocenters. The SMILES string of the molecule is C.CC(C)C(=O)c1cc2ccccc2cc1O.CN/N=C1\C(=O)C(C(=O)C(C)C)C=C2C=CC=CC21. The van der Waals surface area contributed by atoms with Crippen LogP contribution in [0.5, 0.6) is 5.75 Å². The number of fused-ring (bicyclic) bond motifs is 2. The van der Waals surface area contributed by atoms with E-state index in [0.717, 1.165) is 16.3 Å². The van der Waals surface area contributed by atoms with Gasteiger partial charge in [0.2, 0.25) is 0 Å². The van der Waals surface area contributed by atoms with E-state index in [1.807, 2.05) is 76.3 Å². The highest BCUT2D eigenvalue weighted by Crippen LogP contribution is 2.30. The number of hydrogen-bond acceptors (Lipinski definition) is 6. The number of allylic oxidation sites excluding steroid dienone is 6. The van der Waals surface area contributed by atoms with Gasteiger partial charge in [-0.3, -0.25) is 14.4 Å². The van der Waals surface area contributed by atoms with Crippen LogP contribution in [0.2, 0.25) is 0 Å². The Bertz CT molecular complexity index is 1260. The minimum absolute atomic E-state index is 0.